The van der Waals surface area contributed by atoms with Gasteiger partial charge in [-0.1, -0.05) is 47.1 Å². The summed E-state index contributed by atoms with van der Waals surface area (Å²) < 4.78 is 12.1. The number of benzene rings is 2. The van der Waals surface area contributed by atoms with E-state index < -0.39 is 11.9 Å². The highest BCUT2D eigenvalue weighted by molar-refractivity contribution is 8.02. The second-order valence-corrected chi connectivity index (χ2v) is 8.71. The fourth-order valence-electron chi connectivity index (χ4n) is 3.07. The molecule has 0 spiro atoms. The lowest BCUT2D eigenvalue weighted by atomic mass is 10.2. The van der Waals surface area contributed by atoms with Crippen molar-refractivity contribution in [2.45, 2.75) is 25.4 Å². The van der Waals surface area contributed by atoms with Crippen molar-refractivity contribution in [1.29, 1.82) is 0 Å². The smallest absolute Gasteiger partial charge is 0.341 e. The van der Waals surface area contributed by atoms with Gasteiger partial charge in [0.15, 0.2) is 0 Å². The van der Waals surface area contributed by atoms with E-state index >= 15 is 0 Å². The van der Waals surface area contributed by atoms with Crippen LogP contribution in [0.15, 0.2) is 71.2 Å². The van der Waals surface area contributed by atoms with Crippen molar-refractivity contribution in [3.8, 4) is 5.69 Å². The minimum absolute atomic E-state index is 0.243. The summed E-state index contributed by atoms with van der Waals surface area (Å²) in [6, 6.07) is 14.7. The average molecular weight is 519 g/mol. The number of thioether (sulfide) groups is 1. The number of anilines is 1. The first-order valence-corrected chi connectivity index (χ1v) is 12.2. The fraction of sp³-hybridized carbons (Fsp3) is 0.200. The molecule has 3 aromatic rings. The zero-order valence-corrected chi connectivity index (χ0v) is 21.0. The van der Waals surface area contributed by atoms with E-state index in [0.717, 1.165) is 11.3 Å². The molecule has 34 heavy (non-hydrogen) atoms. The predicted octanol–water partition coefficient (Wildman–Crippen LogP) is 6.74. The van der Waals surface area contributed by atoms with Crippen LogP contribution in [0, 0.1) is 0 Å². The van der Waals surface area contributed by atoms with Crippen molar-refractivity contribution < 1.29 is 19.1 Å². The van der Waals surface area contributed by atoms with Crippen molar-refractivity contribution >= 4 is 52.6 Å². The number of carbonyl (C=O) groups is 2. The first kappa shape index (κ1) is 25.7. The molecule has 0 saturated heterocycles. The molecule has 2 aromatic carbocycles. The Bertz CT molecular complexity index is 1160. The lowest BCUT2D eigenvalue weighted by Gasteiger charge is -2.12. The van der Waals surface area contributed by atoms with Gasteiger partial charge in [-0.15, -0.1) is 0 Å². The standard InChI is InChI=1S/C25H24Cl2N2O4S/c1-3-32-22(30)13-14-34-24-23(28-15-17-5-7-18(26)8-6-17)21(25(31)33-4-2)16-29(24)20-11-9-19(27)10-12-20/h5-14,16,28H,3-4,15H2,1-2H3/b14-13-. The van der Waals surface area contributed by atoms with Crippen molar-refractivity contribution in [2.24, 2.45) is 0 Å². The molecule has 0 fully saturated rings. The number of aromatic nitrogens is 1. The van der Waals surface area contributed by atoms with E-state index in [2.05, 4.69) is 5.32 Å². The van der Waals surface area contributed by atoms with Gasteiger partial charge in [0, 0.05) is 34.6 Å². The minimum Gasteiger partial charge on any atom is -0.463 e. The van der Waals surface area contributed by atoms with Crippen LogP contribution in [0.5, 0.6) is 0 Å². The second-order valence-electron chi connectivity index (χ2n) is 6.94. The van der Waals surface area contributed by atoms with Crippen LogP contribution in [0.2, 0.25) is 10.0 Å². The molecule has 0 radical (unpaired) electrons. The third kappa shape index (κ3) is 6.82. The first-order chi connectivity index (χ1) is 16.4. The summed E-state index contributed by atoms with van der Waals surface area (Å²) in [7, 11) is 0. The molecule has 0 atom stereocenters. The van der Waals surface area contributed by atoms with Crippen LogP contribution < -0.4 is 5.32 Å². The normalized spacial score (nSPS) is 10.9. The Morgan fingerprint density at radius 3 is 2.21 bits per heavy atom. The molecule has 0 amide bonds. The molecule has 9 heteroatoms. The molecule has 0 bridgehead atoms. The number of halogens is 2. The van der Waals surface area contributed by atoms with Gasteiger partial charge in [-0.25, -0.2) is 9.59 Å². The Balaban J connectivity index is 2.04. The number of carbonyl (C=O) groups excluding carboxylic acids is 2. The van der Waals surface area contributed by atoms with Crippen LogP contribution >= 0.6 is 35.0 Å². The third-order valence-electron chi connectivity index (χ3n) is 4.61. The minimum atomic E-state index is -0.454. The van der Waals surface area contributed by atoms with Gasteiger partial charge in [-0.3, -0.25) is 0 Å². The van der Waals surface area contributed by atoms with Gasteiger partial charge >= 0.3 is 11.9 Å². The number of rotatable bonds is 10. The topological polar surface area (TPSA) is 69.6 Å². The predicted molar refractivity (Wildman–Crippen MR) is 137 cm³/mol. The number of ether oxygens (including phenoxy) is 2. The Morgan fingerprint density at radius 1 is 0.971 bits per heavy atom. The fourth-order valence-corrected chi connectivity index (χ4v) is 4.20. The van der Waals surface area contributed by atoms with Gasteiger partial charge in [0.25, 0.3) is 0 Å². The summed E-state index contributed by atoms with van der Waals surface area (Å²) in [5.74, 6) is -0.897. The number of hydrogen-bond donors (Lipinski definition) is 1. The molecule has 1 N–H and O–H groups in total. The SMILES string of the molecule is CCOC(=O)/C=C\Sc1c(NCc2ccc(Cl)cc2)c(C(=O)OCC)cn1-c1ccc(Cl)cc1. The number of esters is 2. The molecule has 0 aliphatic carbocycles. The second kappa shape index (κ2) is 12.6. The van der Waals surface area contributed by atoms with E-state index in [9.17, 15) is 9.59 Å². The number of hydrogen-bond acceptors (Lipinski definition) is 6. The van der Waals surface area contributed by atoms with Crippen molar-refractivity contribution in [3.05, 3.63) is 87.4 Å². The highest BCUT2D eigenvalue weighted by Crippen LogP contribution is 2.37. The Morgan fingerprint density at radius 2 is 1.59 bits per heavy atom. The van der Waals surface area contributed by atoms with Crippen LogP contribution in [0.1, 0.15) is 29.8 Å². The van der Waals surface area contributed by atoms with Crippen molar-refractivity contribution in [3.63, 3.8) is 0 Å². The summed E-state index contributed by atoms with van der Waals surface area (Å²) in [5, 5.41) is 6.92. The Hall–Kier alpha value is -2.87. The van der Waals surface area contributed by atoms with Crippen LogP contribution in [0.25, 0.3) is 5.69 Å². The highest BCUT2D eigenvalue weighted by atomic mass is 35.5. The number of nitrogens with zero attached hydrogens (tertiary/aromatic N) is 1. The summed E-state index contributed by atoms with van der Waals surface area (Å²) in [5.41, 5.74) is 2.73. The van der Waals surface area contributed by atoms with Gasteiger partial charge in [0.2, 0.25) is 0 Å². The zero-order valence-electron chi connectivity index (χ0n) is 18.7. The van der Waals surface area contributed by atoms with E-state index in [1.54, 1.807) is 49.7 Å². The first-order valence-electron chi connectivity index (χ1n) is 10.6. The van der Waals surface area contributed by atoms with Gasteiger partial charge < -0.3 is 19.4 Å². The molecule has 0 aliphatic rings. The molecule has 0 saturated carbocycles. The molecule has 1 aromatic heterocycles. The molecular formula is C25H24Cl2N2O4S. The van der Waals surface area contributed by atoms with E-state index in [1.165, 1.54) is 17.8 Å². The number of nitrogens with one attached hydrogen (secondary N) is 1. The Kier molecular flexibility index (Phi) is 9.51. The maximum atomic E-state index is 12.8. The van der Waals surface area contributed by atoms with E-state index in [-0.39, 0.29) is 13.2 Å². The van der Waals surface area contributed by atoms with E-state index in [1.807, 2.05) is 28.8 Å². The molecule has 1 heterocycles. The highest BCUT2D eigenvalue weighted by Gasteiger charge is 2.23. The molecule has 0 aliphatic heterocycles. The van der Waals surface area contributed by atoms with Crippen molar-refractivity contribution in [2.75, 3.05) is 18.5 Å². The molecule has 0 unspecified atom stereocenters. The average Bonchev–Trinajstić information content (AvgIpc) is 3.18. The Labute approximate surface area is 212 Å². The summed E-state index contributed by atoms with van der Waals surface area (Å²) in [6.45, 7) is 4.48. The summed E-state index contributed by atoms with van der Waals surface area (Å²) in [6.07, 6.45) is 3.06. The van der Waals surface area contributed by atoms with Crippen LogP contribution in [-0.2, 0) is 20.8 Å². The quantitative estimate of drug-likeness (QED) is 0.182. The van der Waals surface area contributed by atoms with E-state index in [0.29, 0.717) is 32.9 Å². The lowest BCUT2D eigenvalue weighted by molar-refractivity contribution is -0.137. The zero-order chi connectivity index (χ0) is 24.5. The molecular weight excluding hydrogens is 495 g/mol. The maximum absolute atomic E-state index is 12.8. The molecule has 6 nitrogen and oxygen atoms in total. The largest absolute Gasteiger partial charge is 0.463 e. The maximum Gasteiger partial charge on any atom is 0.341 e. The van der Waals surface area contributed by atoms with Gasteiger partial charge in [-0.2, -0.15) is 0 Å². The van der Waals surface area contributed by atoms with Gasteiger partial charge in [0.1, 0.15) is 10.6 Å². The monoisotopic (exact) mass is 518 g/mol. The summed E-state index contributed by atoms with van der Waals surface area (Å²) in [4.78, 5) is 24.6. The summed E-state index contributed by atoms with van der Waals surface area (Å²) >= 11 is 13.3. The van der Waals surface area contributed by atoms with Crippen LogP contribution in [0.3, 0.4) is 0 Å². The molecule has 3 rings (SSSR count). The van der Waals surface area contributed by atoms with Crippen molar-refractivity contribution in [1.82, 2.24) is 4.57 Å². The van der Waals surface area contributed by atoms with Gasteiger partial charge in [0.05, 0.1) is 18.9 Å². The lowest BCUT2D eigenvalue weighted by Crippen LogP contribution is -2.08. The van der Waals surface area contributed by atoms with Gasteiger partial charge in [-0.05, 0) is 61.2 Å². The van der Waals surface area contributed by atoms with E-state index in [4.69, 9.17) is 32.7 Å². The molecule has 178 valence electrons. The van der Waals surface area contributed by atoms with Crippen LogP contribution in [-0.4, -0.2) is 29.7 Å². The van der Waals surface area contributed by atoms with Crippen LogP contribution in [0.4, 0.5) is 5.69 Å². The third-order valence-corrected chi connectivity index (χ3v) is 6.01.